The number of nitrogens with zero attached hydrogens (tertiary/aromatic N) is 3. The molecule has 0 aliphatic carbocycles. The zero-order valence-electron chi connectivity index (χ0n) is 18.9. The number of hydrogen-bond donors (Lipinski definition) is 0. The van der Waals surface area contributed by atoms with E-state index in [-0.39, 0.29) is 10.8 Å². The van der Waals surface area contributed by atoms with Crippen LogP contribution in [0.25, 0.3) is 10.2 Å². The molecule has 2 aromatic heterocycles. The number of rotatable bonds is 6. The molecule has 0 aliphatic rings. The summed E-state index contributed by atoms with van der Waals surface area (Å²) in [5.41, 5.74) is 4.25. The summed E-state index contributed by atoms with van der Waals surface area (Å²) in [4.78, 5) is 24.3. The third kappa shape index (κ3) is 4.67. The van der Waals surface area contributed by atoms with Gasteiger partial charge in [0.15, 0.2) is 15.0 Å². The van der Waals surface area contributed by atoms with Gasteiger partial charge in [-0.3, -0.25) is 14.7 Å². The monoisotopic (exact) mass is 479 g/mol. The van der Waals surface area contributed by atoms with Gasteiger partial charge < -0.3 is 0 Å². The molecule has 0 bridgehead atoms. The molecule has 1 amide bonds. The second kappa shape index (κ2) is 9.03. The number of carbonyl (C=O) groups excluding carboxylic acids is 1. The third-order valence-corrected chi connectivity index (χ3v) is 8.59. The van der Waals surface area contributed by atoms with Gasteiger partial charge in [0.05, 0.1) is 26.9 Å². The fourth-order valence-electron chi connectivity index (χ4n) is 3.61. The molecule has 4 rings (SSSR count). The number of aromatic nitrogens is 2. The molecular weight excluding hydrogens is 454 g/mol. The molecule has 4 aromatic rings. The summed E-state index contributed by atoms with van der Waals surface area (Å²) in [5.74, 6) is -0.305. The highest BCUT2D eigenvalue weighted by molar-refractivity contribution is 7.92. The number of amides is 1. The molecule has 0 N–H and O–H groups in total. The summed E-state index contributed by atoms with van der Waals surface area (Å²) in [6.45, 7) is 7.59. The molecule has 170 valence electrons. The summed E-state index contributed by atoms with van der Waals surface area (Å²) in [6.07, 6.45) is 3.36. The van der Waals surface area contributed by atoms with Crippen LogP contribution in [0.1, 0.15) is 40.9 Å². The van der Waals surface area contributed by atoms with E-state index in [4.69, 9.17) is 4.98 Å². The van der Waals surface area contributed by atoms with Crippen LogP contribution in [0, 0.1) is 13.8 Å². The second-order valence-electron chi connectivity index (χ2n) is 8.29. The van der Waals surface area contributed by atoms with Gasteiger partial charge in [-0.25, -0.2) is 13.4 Å². The molecule has 33 heavy (non-hydrogen) atoms. The molecule has 2 heterocycles. The Morgan fingerprint density at radius 2 is 1.79 bits per heavy atom. The van der Waals surface area contributed by atoms with Crippen LogP contribution in [0.15, 0.2) is 65.8 Å². The summed E-state index contributed by atoms with van der Waals surface area (Å²) in [5, 5.41) is -0.0103. The first kappa shape index (κ1) is 23.1. The molecule has 0 atom stereocenters. The van der Waals surface area contributed by atoms with Gasteiger partial charge in [-0.15, -0.1) is 0 Å². The van der Waals surface area contributed by atoms with Crippen LogP contribution in [0.5, 0.6) is 0 Å². The lowest BCUT2D eigenvalue weighted by Crippen LogP contribution is -2.30. The molecule has 0 spiro atoms. The van der Waals surface area contributed by atoms with Crippen molar-refractivity contribution < 1.29 is 13.2 Å². The van der Waals surface area contributed by atoms with E-state index in [9.17, 15) is 13.2 Å². The molecule has 0 unspecified atom stereocenters. The maximum Gasteiger partial charge on any atom is 0.260 e. The van der Waals surface area contributed by atoms with Gasteiger partial charge in [-0.05, 0) is 80.8 Å². The van der Waals surface area contributed by atoms with Crippen LogP contribution >= 0.6 is 11.3 Å². The van der Waals surface area contributed by atoms with E-state index >= 15 is 0 Å². The molecule has 8 heteroatoms. The Hall–Kier alpha value is -3.10. The molecule has 0 fully saturated rings. The summed E-state index contributed by atoms with van der Waals surface area (Å²) in [6, 6.07) is 14.1. The van der Waals surface area contributed by atoms with Gasteiger partial charge in [0.2, 0.25) is 0 Å². The highest BCUT2D eigenvalue weighted by Crippen LogP contribution is 2.33. The maximum absolute atomic E-state index is 13.7. The quantitative estimate of drug-likeness (QED) is 0.373. The summed E-state index contributed by atoms with van der Waals surface area (Å²) in [7, 11) is -3.51. The van der Waals surface area contributed by atoms with Gasteiger partial charge in [-0.2, -0.15) is 0 Å². The molecule has 0 aliphatic heterocycles. The Morgan fingerprint density at radius 3 is 2.48 bits per heavy atom. The average Bonchev–Trinajstić information content (AvgIpc) is 3.22. The van der Waals surface area contributed by atoms with E-state index in [0.29, 0.717) is 17.2 Å². The predicted octanol–water partition coefficient (Wildman–Crippen LogP) is 5.34. The van der Waals surface area contributed by atoms with Crippen molar-refractivity contribution in [3.05, 3.63) is 83.2 Å². The Morgan fingerprint density at radius 1 is 1.06 bits per heavy atom. The fourth-order valence-corrected chi connectivity index (χ4v) is 5.85. The zero-order valence-corrected chi connectivity index (χ0v) is 20.6. The van der Waals surface area contributed by atoms with Gasteiger partial charge >= 0.3 is 0 Å². The molecule has 0 saturated heterocycles. The number of carbonyl (C=O) groups is 1. The Bertz CT molecular complexity index is 1430. The van der Waals surface area contributed by atoms with Crippen LogP contribution in [0.3, 0.4) is 0 Å². The third-order valence-electron chi connectivity index (χ3n) is 5.41. The van der Waals surface area contributed by atoms with E-state index in [2.05, 4.69) is 17.1 Å². The van der Waals surface area contributed by atoms with Crippen LogP contribution < -0.4 is 4.90 Å². The number of benzene rings is 2. The van der Waals surface area contributed by atoms with E-state index in [1.165, 1.54) is 23.5 Å². The molecule has 2 aromatic carbocycles. The van der Waals surface area contributed by atoms with Crippen molar-refractivity contribution in [2.75, 3.05) is 4.90 Å². The number of sulfone groups is 1. The summed E-state index contributed by atoms with van der Waals surface area (Å²) < 4.78 is 26.4. The fraction of sp³-hybridized carbons (Fsp3) is 0.240. The lowest BCUT2D eigenvalue weighted by molar-refractivity contribution is 0.0985. The largest absolute Gasteiger partial charge is 0.279 e. The first-order valence-corrected chi connectivity index (χ1v) is 13.0. The Labute approximate surface area is 197 Å². The number of thiazole rings is 1. The van der Waals surface area contributed by atoms with Gasteiger partial charge in [0, 0.05) is 18.0 Å². The van der Waals surface area contributed by atoms with E-state index < -0.39 is 15.1 Å². The van der Waals surface area contributed by atoms with Crippen molar-refractivity contribution in [3.63, 3.8) is 0 Å². The number of aryl methyl sites for hydroxylation is 2. The first-order chi connectivity index (χ1) is 15.7. The van der Waals surface area contributed by atoms with Crippen LogP contribution in [0.4, 0.5) is 5.13 Å². The first-order valence-electron chi connectivity index (χ1n) is 10.6. The normalized spacial score (nSPS) is 11.8. The van der Waals surface area contributed by atoms with Gasteiger partial charge in [0.25, 0.3) is 5.91 Å². The SMILES string of the molecule is Cc1cc(C)c2nc(N(Cc3ccncc3)C(=O)c3cccc(S(=O)(=O)C(C)C)c3)sc2c1. The van der Waals surface area contributed by atoms with Crippen molar-refractivity contribution >= 4 is 42.4 Å². The molecule has 0 saturated carbocycles. The van der Waals surface area contributed by atoms with Crippen molar-refractivity contribution in [2.24, 2.45) is 0 Å². The van der Waals surface area contributed by atoms with Crippen LogP contribution in [0.2, 0.25) is 0 Å². The number of fused-ring (bicyclic) bond motifs is 1. The van der Waals surface area contributed by atoms with E-state index in [1.54, 1.807) is 43.3 Å². The van der Waals surface area contributed by atoms with Crippen LogP contribution in [-0.2, 0) is 16.4 Å². The lowest BCUT2D eigenvalue weighted by Gasteiger charge is -2.20. The van der Waals surface area contributed by atoms with Crippen molar-refractivity contribution in [1.29, 1.82) is 0 Å². The lowest BCUT2D eigenvalue weighted by atomic mass is 10.1. The Kier molecular flexibility index (Phi) is 6.32. The number of hydrogen-bond acceptors (Lipinski definition) is 6. The summed E-state index contributed by atoms with van der Waals surface area (Å²) >= 11 is 1.45. The number of anilines is 1. The predicted molar refractivity (Wildman–Crippen MR) is 133 cm³/mol. The second-order valence-corrected chi connectivity index (χ2v) is 11.8. The van der Waals surface area contributed by atoms with Gasteiger partial charge in [-0.1, -0.05) is 23.5 Å². The van der Waals surface area contributed by atoms with Crippen molar-refractivity contribution in [3.8, 4) is 0 Å². The topological polar surface area (TPSA) is 80.2 Å². The highest BCUT2D eigenvalue weighted by atomic mass is 32.2. The Balaban J connectivity index is 1.81. The molecular formula is C25H25N3O3S2. The smallest absolute Gasteiger partial charge is 0.260 e. The van der Waals surface area contributed by atoms with E-state index in [1.807, 2.05) is 26.0 Å². The van der Waals surface area contributed by atoms with Crippen molar-refractivity contribution in [2.45, 2.75) is 44.4 Å². The van der Waals surface area contributed by atoms with Crippen LogP contribution in [-0.4, -0.2) is 29.5 Å². The minimum atomic E-state index is -3.51. The van der Waals surface area contributed by atoms with E-state index in [0.717, 1.165) is 26.9 Å². The molecule has 6 nitrogen and oxygen atoms in total. The van der Waals surface area contributed by atoms with Gasteiger partial charge in [0.1, 0.15) is 0 Å². The molecule has 0 radical (unpaired) electrons. The minimum Gasteiger partial charge on any atom is -0.279 e. The minimum absolute atomic E-state index is 0.142. The zero-order chi connectivity index (χ0) is 23.8. The maximum atomic E-state index is 13.7. The average molecular weight is 480 g/mol. The number of pyridine rings is 1. The van der Waals surface area contributed by atoms with Crippen molar-refractivity contribution in [1.82, 2.24) is 9.97 Å². The highest BCUT2D eigenvalue weighted by Gasteiger charge is 2.25. The standard InChI is InChI=1S/C25H25N3O3S2/c1-16(2)33(30,31)21-7-5-6-20(14-21)24(29)28(15-19-8-10-26-11-9-19)25-27-23-18(4)12-17(3)13-22(23)32-25/h5-14,16H,15H2,1-4H3.